The number of aliphatic hydroxyl groups is 1. The Morgan fingerprint density at radius 1 is 1.31 bits per heavy atom. The van der Waals surface area contributed by atoms with Crippen LogP contribution >= 0.6 is 27.3 Å². The number of rotatable bonds is 8. The van der Waals surface area contributed by atoms with Gasteiger partial charge in [-0.2, -0.15) is 0 Å². The number of hydrogen-bond acceptors (Lipinski definition) is 3. The average Bonchev–Trinajstić information content (AvgIpc) is 2.63. The lowest BCUT2D eigenvalue weighted by Gasteiger charge is -2.15. The Morgan fingerprint density at radius 2 is 2.06 bits per heavy atom. The fourth-order valence-corrected chi connectivity index (χ4v) is 3.16. The molecule has 2 nitrogen and oxygen atoms in total. The molecule has 0 aliphatic carbocycles. The Morgan fingerprint density at radius 3 is 2.69 bits per heavy atom. The second-order valence-electron chi connectivity index (χ2n) is 4.11. The first-order chi connectivity index (χ1) is 7.72. The Kier molecular flexibility index (Phi) is 7.28. The molecule has 4 heteroatoms. The Hall–Kier alpha value is 0.1000. The van der Waals surface area contributed by atoms with Crippen molar-refractivity contribution in [3.63, 3.8) is 0 Å². The predicted molar refractivity (Wildman–Crippen MR) is 73.9 cm³/mol. The summed E-state index contributed by atoms with van der Waals surface area (Å²) in [5.41, 5.74) is 0. The van der Waals surface area contributed by atoms with Crippen LogP contribution in [0.5, 0.6) is 0 Å². The molecule has 0 aliphatic heterocycles. The normalized spacial score (nSPS) is 11.2. The Bertz CT molecular complexity index is 290. The van der Waals surface area contributed by atoms with Crippen LogP contribution in [0, 0.1) is 0 Å². The summed E-state index contributed by atoms with van der Waals surface area (Å²) in [6.07, 6.45) is 4.54. The van der Waals surface area contributed by atoms with Gasteiger partial charge in [-0.05, 0) is 48.4 Å². The third-order valence-electron chi connectivity index (χ3n) is 2.50. The van der Waals surface area contributed by atoms with E-state index in [-0.39, 0.29) is 0 Å². The van der Waals surface area contributed by atoms with E-state index in [1.165, 1.54) is 22.2 Å². The van der Waals surface area contributed by atoms with Gasteiger partial charge in [-0.1, -0.05) is 12.8 Å². The van der Waals surface area contributed by atoms with Crippen LogP contribution in [0.4, 0.5) is 0 Å². The summed E-state index contributed by atoms with van der Waals surface area (Å²) in [5.74, 6) is 0. The largest absolute Gasteiger partial charge is 0.396 e. The van der Waals surface area contributed by atoms with Crippen molar-refractivity contribution in [2.24, 2.45) is 0 Å². The van der Waals surface area contributed by atoms with Crippen LogP contribution in [0.1, 0.15) is 30.6 Å². The van der Waals surface area contributed by atoms with Crippen molar-refractivity contribution >= 4 is 27.3 Å². The summed E-state index contributed by atoms with van der Waals surface area (Å²) in [5, 5.41) is 10.8. The molecular formula is C12H20BrNOS. The first-order valence-electron chi connectivity index (χ1n) is 5.74. The van der Waals surface area contributed by atoms with Gasteiger partial charge in [0.15, 0.2) is 0 Å². The van der Waals surface area contributed by atoms with E-state index in [1.807, 2.05) is 0 Å². The molecule has 0 amide bonds. The topological polar surface area (TPSA) is 23.5 Å². The van der Waals surface area contributed by atoms with Crippen LogP contribution < -0.4 is 0 Å². The van der Waals surface area contributed by atoms with Crippen molar-refractivity contribution in [1.29, 1.82) is 0 Å². The zero-order valence-corrected chi connectivity index (χ0v) is 12.2. The van der Waals surface area contributed by atoms with E-state index >= 15 is 0 Å². The van der Waals surface area contributed by atoms with E-state index in [9.17, 15) is 0 Å². The lowest BCUT2D eigenvalue weighted by Crippen LogP contribution is -2.18. The summed E-state index contributed by atoms with van der Waals surface area (Å²) in [7, 11) is 2.17. The van der Waals surface area contributed by atoms with Crippen molar-refractivity contribution < 1.29 is 5.11 Å². The molecule has 1 heterocycles. The van der Waals surface area contributed by atoms with Crippen LogP contribution in [0.2, 0.25) is 0 Å². The molecule has 0 saturated heterocycles. The van der Waals surface area contributed by atoms with Gasteiger partial charge in [0.2, 0.25) is 0 Å². The van der Waals surface area contributed by atoms with Crippen molar-refractivity contribution in [3.05, 3.63) is 20.8 Å². The summed E-state index contributed by atoms with van der Waals surface area (Å²) in [6, 6.07) is 2.19. The summed E-state index contributed by atoms with van der Waals surface area (Å²) in [6.45, 7) is 2.51. The first kappa shape index (κ1) is 14.2. The molecule has 0 spiro atoms. The lowest BCUT2D eigenvalue weighted by atomic mass is 10.2. The maximum Gasteiger partial charge on any atom is 0.0431 e. The minimum absolute atomic E-state index is 0.332. The second kappa shape index (κ2) is 8.23. The van der Waals surface area contributed by atoms with E-state index in [0.29, 0.717) is 6.61 Å². The first-order valence-corrected chi connectivity index (χ1v) is 7.42. The van der Waals surface area contributed by atoms with E-state index in [4.69, 9.17) is 5.11 Å². The van der Waals surface area contributed by atoms with Gasteiger partial charge < -0.3 is 10.0 Å². The quantitative estimate of drug-likeness (QED) is 0.743. The van der Waals surface area contributed by atoms with E-state index in [2.05, 4.69) is 39.3 Å². The minimum Gasteiger partial charge on any atom is -0.396 e. The van der Waals surface area contributed by atoms with Crippen LogP contribution in [0.25, 0.3) is 0 Å². The SMILES string of the molecule is CN(CCCCCCO)Cc1cc(Br)cs1. The number of unbranched alkanes of at least 4 members (excludes halogenated alkanes) is 3. The molecule has 0 saturated carbocycles. The second-order valence-corrected chi connectivity index (χ2v) is 6.02. The molecule has 1 aromatic heterocycles. The minimum atomic E-state index is 0.332. The maximum absolute atomic E-state index is 8.66. The van der Waals surface area contributed by atoms with Crippen molar-refractivity contribution in [2.45, 2.75) is 32.2 Å². The fraction of sp³-hybridized carbons (Fsp3) is 0.667. The highest BCUT2D eigenvalue weighted by Crippen LogP contribution is 2.20. The molecule has 0 atom stereocenters. The van der Waals surface area contributed by atoms with Gasteiger partial charge in [-0.3, -0.25) is 0 Å². The summed E-state index contributed by atoms with van der Waals surface area (Å²) >= 11 is 5.28. The van der Waals surface area contributed by atoms with Crippen molar-refractivity contribution in [2.75, 3.05) is 20.2 Å². The van der Waals surface area contributed by atoms with Crippen molar-refractivity contribution in [3.8, 4) is 0 Å². The van der Waals surface area contributed by atoms with Gasteiger partial charge in [0.05, 0.1) is 0 Å². The molecule has 16 heavy (non-hydrogen) atoms. The molecule has 0 aliphatic rings. The Balaban J connectivity index is 2.09. The van der Waals surface area contributed by atoms with Gasteiger partial charge in [0.1, 0.15) is 0 Å². The van der Waals surface area contributed by atoms with E-state index in [1.54, 1.807) is 11.3 Å². The lowest BCUT2D eigenvalue weighted by molar-refractivity contribution is 0.277. The van der Waals surface area contributed by atoms with Crippen LogP contribution in [0.3, 0.4) is 0 Å². The zero-order chi connectivity index (χ0) is 11.8. The standard InChI is InChI=1S/C12H20BrNOS/c1-14(6-4-2-3-5-7-15)9-12-8-11(13)10-16-12/h8,10,15H,2-7,9H2,1H3. The molecular weight excluding hydrogens is 286 g/mol. The van der Waals surface area contributed by atoms with Gasteiger partial charge in [0, 0.05) is 27.9 Å². The number of thiophene rings is 1. The highest BCUT2D eigenvalue weighted by Gasteiger charge is 2.02. The third-order valence-corrected chi connectivity index (χ3v) is 4.18. The number of halogens is 1. The van der Waals surface area contributed by atoms with Gasteiger partial charge in [0.25, 0.3) is 0 Å². The zero-order valence-electron chi connectivity index (χ0n) is 9.79. The summed E-state index contributed by atoms with van der Waals surface area (Å²) < 4.78 is 1.18. The molecule has 0 unspecified atom stereocenters. The third kappa shape index (κ3) is 5.99. The molecule has 92 valence electrons. The van der Waals surface area contributed by atoms with Gasteiger partial charge >= 0.3 is 0 Å². The summed E-state index contributed by atoms with van der Waals surface area (Å²) in [4.78, 5) is 3.77. The van der Waals surface area contributed by atoms with Gasteiger partial charge in [-0.15, -0.1) is 11.3 Å². The highest BCUT2D eigenvalue weighted by molar-refractivity contribution is 9.10. The van der Waals surface area contributed by atoms with Crippen LogP contribution in [-0.4, -0.2) is 30.2 Å². The number of aliphatic hydroxyl groups excluding tert-OH is 1. The van der Waals surface area contributed by atoms with Crippen LogP contribution in [0.15, 0.2) is 15.9 Å². The molecule has 0 aromatic carbocycles. The van der Waals surface area contributed by atoms with Crippen LogP contribution in [-0.2, 0) is 6.54 Å². The maximum atomic E-state index is 8.66. The monoisotopic (exact) mass is 305 g/mol. The molecule has 0 radical (unpaired) electrons. The fourth-order valence-electron chi connectivity index (χ4n) is 1.63. The van der Waals surface area contributed by atoms with E-state index in [0.717, 1.165) is 25.9 Å². The average molecular weight is 306 g/mol. The molecule has 0 bridgehead atoms. The van der Waals surface area contributed by atoms with E-state index < -0.39 is 0 Å². The molecule has 1 N–H and O–H groups in total. The molecule has 1 aromatic rings. The highest BCUT2D eigenvalue weighted by atomic mass is 79.9. The molecule has 1 rings (SSSR count). The predicted octanol–water partition coefficient (Wildman–Crippen LogP) is 3.50. The number of hydrogen-bond donors (Lipinski definition) is 1. The van der Waals surface area contributed by atoms with Gasteiger partial charge in [-0.25, -0.2) is 0 Å². The Labute approximate surface area is 110 Å². The number of nitrogens with zero attached hydrogens (tertiary/aromatic N) is 1. The smallest absolute Gasteiger partial charge is 0.0431 e. The molecule has 0 fully saturated rings. The van der Waals surface area contributed by atoms with Crippen molar-refractivity contribution in [1.82, 2.24) is 4.90 Å².